The molecule has 82 valence electrons. The molecule has 0 aromatic heterocycles. The predicted molar refractivity (Wildman–Crippen MR) is 59.4 cm³/mol. The number of thioether (sulfide) groups is 1. The van der Waals surface area contributed by atoms with E-state index in [4.69, 9.17) is 0 Å². The van der Waals surface area contributed by atoms with Crippen LogP contribution < -0.4 is 0 Å². The highest BCUT2D eigenvalue weighted by Gasteiger charge is 2.41. The largest absolute Gasteiger partial charge is 0.386 e. The lowest BCUT2D eigenvalue weighted by Crippen LogP contribution is -2.63. The van der Waals surface area contributed by atoms with Crippen molar-refractivity contribution in [3.63, 3.8) is 0 Å². The Hall–Kier alpha value is -0.220. The Balaban J connectivity index is 2.23. The van der Waals surface area contributed by atoms with Gasteiger partial charge in [0.15, 0.2) is 0 Å². The van der Waals surface area contributed by atoms with Crippen molar-refractivity contribution >= 4 is 17.7 Å². The van der Waals surface area contributed by atoms with Crippen LogP contribution in [0.15, 0.2) is 0 Å². The summed E-state index contributed by atoms with van der Waals surface area (Å²) in [6, 6.07) is 0. The highest BCUT2D eigenvalue weighted by molar-refractivity contribution is 8.00. The second-order valence-electron chi connectivity index (χ2n) is 4.19. The Morgan fingerprint density at radius 1 is 1.57 bits per heavy atom. The first-order valence-electron chi connectivity index (χ1n) is 5.08. The van der Waals surface area contributed by atoms with Crippen LogP contribution in [-0.4, -0.2) is 45.6 Å². The van der Waals surface area contributed by atoms with Crippen LogP contribution in [0.5, 0.6) is 0 Å². The number of β-amino-alcohol motifs (C(OH)–C–C–N with tert-alkyl or cyclic N) is 1. The summed E-state index contributed by atoms with van der Waals surface area (Å²) in [6.07, 6.45) is 0.730. The van der Waals surface area contributed by atoms with Gasteiger partial charge in [0.2, 0.25) is 5.91 Å². The van der Waals surface area contributed by atoms with E-state index in [0.717, 1.165) is 6.42 Å². The second-order valence-corrected chi connectivity index (χ2v) is 5.75. The van der Waals surface area contributed by atoms with Crippen molar-refractivity contribution in [1.82, 2.24) is 4.90 Å². The molecule has 0 saturated carbocycles. The van der Waals surface area contributed by atoms with Crippen molar-refractivity contribution in [1.29, 1.82) is 0 Å². The summed E-state index contributed by atoms with van der Waals surface area (Å²) in [6.45, 7) is 7.14. The van der Waals surface area contributed by atoms with Crippen LogP contribution in [0.3, 0.4) is 0 Å². The molecule has 0 aliphatic carbocycles. The fourth-order valence-electron chi connectivity index (χ4n) is 1.39. The minimum absolute atomic E-state index is 0.154. The van der Waals surface area contributed by atoms with Gasteiger partial charge in [0, 0.05) is 0 Å². The molecule has 0 aromatic rings. The first kappa shape index (κ1) is 11.9. The fourth-order valence-corrected chi connectivity index (χ4v) is 2.05. The minimum atomic E-state index is -0.599. The van der Waals surface area contributed by atoms with E-state index < -0.39 is 5.60 Å². The number of hydrogen-bond donors (Lipinski definition) is 1. The number of hydrogen-bond acceptors (Lipinski definition) is 3. The molecular formula is C10H19NO2S. The number of carbonyl (C=O) groups excluding carboxylic acids is 1. The van der Waals surface area contributed by atoms with Gasteiger partial charge in [-0.15, -0.1) is 11.8 Å². The lowest BCUT2D eigenvalue weighted by atomic mass is 9.91. The van der Waals surface area contributed by atoms with Gasteiger partial charge in [-0.3, -0.25) is 4.79 Å². The normalized spacial score (nSPS) is 19.6. The Morgan fingerprint density at radius 2 is 2.14 bits per heavy atom. The summed E-state index contributed by atoms with van der Waals surface area (Å²) in [4.78, 5) is 13.3. The van der Waals surface area contributed by atoms with Gasteiger partial charge < -0.3 is 10.0 Å². The van der Waals surface area contributed by atoms with E-state index >= 15 is 0 Å². The summed E-state index contributed by atoms with van der Waals surface area (Å²) in [5, 5.41) is 10.2. The van der Waals surface area contributed by atoms with Crippen LogP contribution >= 0.6 is 11.8 Å². The van der Waals surface area contributed by atoms with Gasteiger partial charge in [0.05, 0.1) is 24.4 Å². The van der Waals surface area contributed by atoms with Gasteiger partial charge in [-0.2, -0.15) is 0 Å². The van der Waals surface area contributed by atoms with Gasteiger partial charge in [0.1, 0.15) is 0 Å². The Bertz CT molecular complexity index is 212. The second kappa shape index (κ2) is 4.53. The molecule has 0 unspecified atom stereocenters. The van der Waals surface area contributed by atoms with Gasteiger partial charge in [-0.1, -0.05) is 20.8 Å². The van der Waals surface area contributed by atoms with E-state index in [2.05, 4.69) is 13.8 Å². The molecule has 1 rings (SSSR count). The van der Waals surface area contributed by atoms with Crippen molar-refractivity contribution in [3.05, 3.63) is 0 Å². The van der Waals surface area contributed by atoms with Crippen molar-refractivity contribution in [3.8, 4) is 0 Å². The van der Waals surface area contributed by atoms with Crippen molar-refractivity contribution < 1.29 is 9.90 Å². The number of aliphatic hydroxyl groups is 1. The lowest BCUT2D eigenvalue weighted by molar-refractivity contribution is -0.152. The summed E-state index contributed by atoms with van der Waals surface area (Å²) >= 11 is 1.65. The van der Waals surface area contributed by atoms with Gasteiger partial charge >= 0.3 is 0 Å². The first-order chi connectivity index (χ1) is 6.47. The topological polar surface area (TPSA) is 40.5 Å². The Morgan fingerprint density at radius 3 is 2.57 bits per heavy atom. The fraction of sp³-hybridized carbons (Fsp3) is 0.900. The molecule has 1 fully saturated rings. The third-order valence-corrected chi connectivity index (χ3v) is 3.60. The molecule has 1 heterocycles. The number of likely N-dealkylation sites (tertiary alicyclic amines) is 1. The molecule has 1 aliphatic heterocycles. The van der Waals surface area contributed by atoms with Crippen LogP contribution in [0.1, 0.15) is 27.2 Å². The average Bonchev–Trinajstić information content (AvgIpc) is 2.09. The standard InChI is InChI=1S/C10H19NO2S/c1-4-10(13)6-11(7-10)9(12)5-14-8(2)3/h8,13H,4-7H2,1-3H3. The number of nitrogens with zero attached hydrogens (tertiary/aromatic N) is 1. The molecule has 0 radical (unpaired) electrons. The van der Waals surface area contributed by atoms with Gasteiger partial charge in [-0.05, 0) is 11.7 Å². The molecule has 0 atom stereocenters. The predicted octanol–water partition coefficient (Wildman–Crippen LogP) is 1.11. The SMILES string of the molecule is CCC1(O)CN(C(=O)CSC(C)C)C1. The van der Waals surface area contributed by atoms with Crippen molar-refractivity contribution in [2.24, 2.45) is 0 Å². The minimum Gasteiger partial charge on any atom is -0.386 e. The lowest BCUT2D eigenvalue weighted by Gasteiger charge is -2.46. The third-order valence-electron chi connectivity index (χ3n) is 2.52. The van der Waals surface area contributed by atoms with Crippen LogP contribution in [0, 0.1) is 0 Å². The molecule has 14 heavy (non-hydrogen) atoms. The van der Waals surface area contributed by atoms with Crippen molar-refractivity contribution in [2.75, 3.05) is 18.8 Å². The zero-order valence-electron chi connectivity index (χ0n) is 9.12. The van der Waals surface area contributed by atoms with Crippen LogP contribution in [-0.2, 0) is 4.79 Å². The maximum absolute atomic E-state index is 11.5. The molecule has 3 nitrogen and oxygen atoms in total. The molecule has 0 bridgehead atoms. The van der Waals surface area contributed by atoms with Crippen LogP contribution in [0.2, 0.25) is 0 Å². The number of carbonyl (C=O) groups is 1. The van der Waals surface area contributed by atoms with E-state index in [1.165, 1.54) is 0 Å². The van der Waals surface area contributed by atoms with Gasteiger partial charge in [-0.25, -0.2) is 0 Å². The molecule has 0 aromatic carbocycles. The summed E-state index contributed by atoms with van der Waals surface area (Å²) in [7, 11) is 0. The van der Waals surface area contributed by atoms with Crippen LogP contribution in [0.25, 0.3) is 0 Å². The number of rotatable bonds is 4. The van der Waals surface area contributed by atoms with E-state index in [0.29, 0.717) is 24.1 Å². The summed E-state index contributed by atoms with van der Waals surface area (Å²) < 4.78 is 0. The quantitative estimate of drug-likeness (QED) is 0.767. The maximum atomic E-state index is 11.5. The summed E-state index contributed by atoms with van der Waals surface area (Å²) in [5.74, 6) is 0.694. The Labute approximate surface area is 89.9 Å². The molecular weight excluding hydrogens is 198 g/mol. The maximum Gasteiger partial charge on any atom is 0.232 e. The molecule has 1 aliphatic rings. The van der Waals surface area contributed by atoms with Crippen LogP contribution in [0.4, 0.5) is 0 Å². The summed E-state index contributed by atoms with van der Waals surface area (Å²) in [5.41, 5.74) is -0.599. The molecule has 0 spiro atoms. The molecule has 1 amide bonds. The molecule has 4 heteroatoms. The van der Waals surface area contributed by atoms with E-state index in [9.17, 15) is 9.90 Å². The Kier molecular flexibility index (Phi) is 3.84. The zero-order chi connectivity index (χ0) is 10.8. The molecule has 1 saturated heterocycles. The van der Waals surface area contributed by atoms with E-state index in [-0.39, 0.29) is 5.91 Å². The zero-order valence-corrected chi connectivity index (χ0v) is 9.93. The van der Waals surface area contributed by atoms with E-state index in [1.54, 1.807) is 16.7 Å². The smallest absolute Gasteiger partial charge is 0.232 e. The number of amides is 1. The van der Waals surface area contributed by atoms with E-state index in [1.807, 2.05) is 6.92 Å². The van der Waals surface area contributed by atoms with Gasteiger partial charge in [0.25, 0.3) is 0 Å². The first-order valence-corrected chi connectivity index (χ1v) is 6.13. The molecule has 1 N–H and O–H groups in total. The van der Waals surface area contributed by atoms with Crippen molar-refractivity contribution in [2.45, 2.75) is 38.0 Å². The highest BCUT2D eigenvalue weighted by Crippen LogP contribution is 2.25. The highest BCUT2D eigenvalue weighted by atomic mass is 32.2. The average molecular weight is 217 g/mol. The third kappa shape index (κ3) is 2.89. The monoisotopic (exact) mass is 217 g/mol.